The maximum Gasteiger partial charge on any atom is 0.379 e. The SMILES string of the molecule is COc1cc(C=C2SC(=S)N(C)C2=O)cc(Cl)c1OC(=O)c1ccco1. The number of hydrogen-bond donors (Lipinski definition) is 0. The molecule has 1 aromatic heterocycles. The van der Waals surface area contributed by atoms with Crippen LogP contribution >= 0.6 is 35.6 Å². The molecule has 0 unspecified atom stereocenters. The second kappa shape index (κ2) is 7.53. The van der Waals surface area contributed by atoms with Gasteiger partial charge in [0.05, 0.1) is 23.3 Å². The van der Waals surface area contributed by atoms with E-state index in [1.807, 2.05) is 0 Å². The van der Waals surface area contributed by atoms with Gasteiger partial charge in [-0.1, -0.05) is 35.6 Å². The van der Waals surface area contributed by atoms with Crippen molar-refractivity contribution in [3.05, 3.63) is 51.8 Å². The normalized spacial score (nSPS) is 15.7. The van der Waals surface area contributed by atoms with Gasteiger partial charge in [-0.15, -0.1) is 0 Å². The number of nitrogens with zero attached hydrogens (tertiary/aromatic N) is 1. The fraction of sp³-hybridized carbons (Fsp3) is 0.118. The van der Waals surface area contributed by atoms with Gasteiger partial charge in [0.1, 0.15) is 4.32 Å². The van der Waals surface area contributed by atoms with Crippen LogP contribution in [0.15, 0.2) is 39.9 Å². The van der Waals surface area contributed by atoms with Gasteiger partial charge in [0, 0.05) is 7.05 Å². The number of esters is 1. The fourth-order valence-electron chi connectivity index (χ4n) is 2.16. The van der Waals surface area contributed by atoms with Crippen LogP contribution in [0.25, 0.3) is 6.08 Å². The fourth-order valence-corrected chi connectivity index (χ4v) is 3.59. The summed E-state index contributed by atoms with van der Waals surface area (Å²) in [5.41, 5.74) is 0.610. The zero-order chi connectivity index (χ0) is 18.8. The van der Waals surface area contributed by atoms with Crippen molar-refractivity contribution < 1.29 is 23.5 Å². The lowest BCUT2D eigenvalue weighted by Crippen LogP contribution is -2.22. The molecule has 134 valence electrons. The van der Waals surface area contributed by atoms with Crippen molar-refractivity contribution in [2.45, 2.75) is 0 Å². The summed E-state index contributed by atoms with van der Waals surface area (Å²) < 4.78 is 16.0. The lowest BCUT2D eigenvalue weighted by molar-refractivity contribution is -0.121. The Labute approximate surface area is 163 Å². The molecule has 1 amide bonds. The van der Waals surface area contributed by atoms with Crippen LogP contribution in [0.4, 0.5) is 0 Å². The number of rotatable bonds is 4. The number of ether oxygens (including phenoxy) is 2. The van der Waals surface area contributed by atoms with Crippen LogP contribution in [-0.4, -0.2) is 35.3 Å². The van der Waals surface area contributed by atoms with Gasteiger partial charge in [0.2, 0.25) is 5.76 Å². The number of furan rings is 1. The summed E-state index contributed by atoms with van der Waals surface area (Å²) in [5.74, 6) is -0.538. The summed E-state index contributed by atoms with van der Waals surface area (Å²) in [5, 5.41) is 0.155. The highest BCUT2D eigenvalue weighted by molar-refractivity contribution is 8.26. The van der Waals surface area contributed by atoms with Gasteiger partial charge >= 0.3 is 5.97 Å². The summed E-state index contributed by atoms with van der Waals surface area (Å²) in [6, 6.07) is 6.22. The van der Waals surface area contributed by atoms with E-state index in [9.17, 15) is 9.59 Å². The maximum absolute atomic E-state index is 12.1. The van der Waals surface area contributed by atoms with E-state index in [-0.39, 0.29) is 28.2 Å². The molecule has 2 aromatic rings. The third kappa shape index (κ3) is 3.62. The first-order valence-corrected chi connectivity index (χ1v) is 8.85. The molecule has 0 spiro atoms. The number of thiocarbonyl (C=S) groups is 1. The molecule has 0 atom stereocenters. The van der Waals surface area contributed by atoms with Crippen LogP contribution in [0.1, 0.15) is 16.1 Å². The molecule has 3 rings (SSSR count). The van der Waals surface area contributed by atoms with Crippen LogP contribution in [0.3, 0.4) is 0 Å². The molecule has 0 N–H and O–H groups in total. The van der Waals surface area contributed by atoms with Crippen molar-refractivity contribution in [2.24, 2.45) is 0 Å². The van der Waals surface area contributed by atoms with Crippen molar-refractivity contribution in [2.75, 3.05) is 14.2 Å². The Morgan fingerprint density at radius 2 is 2.19 bits per heavy atom. The Morgan fingerprint density at radius 1 is 1.42 bits per heavy atom. The minimum absolute atomic E-state index is 0.0406. The monoisotopic (exact) mass is 409 g/mol. The maximum atomic E-state index is 12.1. The summed E-state index contributed by atoms with van der Waals surface area (Å²) >= 11 is 12.6. The Morgan fingerprint density at radius 3 is 2.77 bits per heavy atom. The summed E-state index contributed by atoms with van der Waals surface area (Å²) in [6.45, 7) is 0. The van der Waals surface area contributed by atoms with E-state index in [1.54, 1.807) is 31.3 Å². The molecule has 0 bridgehead atoms. The van der Waals surface area contributed by atoms with E-state index in [4.69, 9.17) is 37.7 Å². The lowest BCUT2D eigenvalue weighted by Gasteiger charge is -2.11. The molecule has 0 saturated carbocycles. The Bertz CT molecular complexity index is 923. The molecule has 1 aromatic carbocycles. The number of thioether (sulfide) groups is 1. The molecule has 6 nitrogen and oxygen atoms in total. The third-order valence-electron chi connectivity index (χ3n) is 3.45. The van der Waals surface area contributed by atoms with E-state index in [0.29, 0.717) is 14.8 Å². The standard InChI is InChI=1S/C17H12ClNO5S2/c1-19-15(20)13(26-17(19)25)8-9-6-10(18)14(12(7-9)22-2)24-16(21)11-4-3-5-23-11/h3-8H,1-2H3. The van der Waals surface area contributed by atoms with Crippen LogP contribution in [0, 0.1) is 0 Å². The summed E-state index contributed by atoms with van der Waals surface area (Å²) in [7, 11) is 3.04. The zero-order valence-corrected chi connectivity index (χ0v) is 16.0. The highest BCUT2D eigenvalue weighted by Gasteiger charge is 2.29. The van der Waals surface area contributed by atoms with Crippen molar-refractivity contribution in [1.29, 1.82) is 0 Å². The minimum atomic E-state index is -0.699. The molecular weight excluding hydrogens is 398 g/mol. The van der Waals surface area contributed by atoms with Gasteiger partial charge in [0.25, 0.3) is 5.91 Å². The second-order valence-electron chi connectivity index (χ2n) is 5.14. The number of amides is 1. The smallest absolute Gasteiger partial charge is 0.379 e. The minimum Gasteiger partial charge on any atom is -0.493 e. The Balaban J connectivity index is 1.92. The number of methoxy groups -OCH3 is 1. The van der Waals surface area contributed by atoms with E-state index in [0.717, 1.165) is 0 Å². The second-order valence-corrected chi connectivity index (χ2v) is 7.22. The molecule has 26 heavy (non-hydrogen) atoms. The number of carbonyl (C=O) groups is 2. The van der Waals surface area contributed by atoms with Crippen LogP contribution in [0.5, 0.6) is 11.5 Å². The molecule has 1 fully saturated rings. The Kier molecular flexibility index (Phi) is 5.36. The topological polar surface area (TPSA) is 69.0 Å². The number of benzene rings is 1. The molecule has 1 aliphatic rings. The summed E-state index contributed by atoms with van der Waals surface area (Å²) in [6.07, 6.45) is 3.01. The predicted octanol–water partition coefficient (Wildman–Crippen LogP) is 3.99. The van der Waals surface area contributed by atoms with Gasteiger partial charge in [-0.2, -0.15) is 0 Å². The van der Waals surface area contributed by atoms with Gasteiger partial charge in [0.15, 0.2) is 11.5 Å². The average molecular weight is 410 g/mol. The number of hydrogen-bond acceptors (Lipinski definition) is 7. The predicted molar refractivity (Wildman–Crippen MR) is 103 cm³/mol. The molecular formula is C17H12ClNO5S2. The number of likely N-dealkylation sites (N-methyl/N-ethyl adjacent to an activating group) is 1. The van der Waals surface area contributed by atoms with Crippen LogP contribution in [-0.2, 0) is 4.79 Å². The number of carbonyl (C=O) groups excluding carboxylic acids is 2. The van der Waals surface area contributed by atoms with E-state index >= 15 is 0 Å². The molecule has 9 heteroatoms. The molecule has 1 saturated heterocycles. The third-order valence-corrected chi connectivity index (χ3v) is 5.22. The highest BCUT2D eigenvalue weighted by atomic mass is 35.5. The summed E-state index contributed by atoms with van der Waals surface area (Å²) in [4.78, 5) is 26.0. The Hall–Kier alpha value is -2.29. The van der Waals surface area contributed by atoms with Gasteiger partial charge in [-0.3, -0.25) is 9.69 Å². The largest absolute Gasteiger partial charge is 0.493 e. The molecule has 0 radical (unpaired) electrons. The van der Waals surface area contributed by atoms with E-state index in [1.165, 1.54) is 36.1 Å². The van der Waals surface area contributed by atoms with E-state index < -0.39 is 5.97 Å². The number of halogens is 1. The van der Waals surface area contributed by atoms with Gasteiger partial charge < -0.3 is 13.9 Å². The zero-order valence-electron chi connectivity index (χ0n) is 13.6. The van der Waals surface area contributed by atoms with Crippen molar-refractivity contribution in [1.82, 2.24) is 4.90 Å². The molecule has 2 heterocycles. The average Bonchev–Trinajstić information content (AvgIpc) is 3.23. The lowest BCUT2D eigenvalue weighted by atomic mass is 10.1. The van der Waals surface area contributed by atoms with Crippen molar-refractivity contribution in [3.63, 3.8) is 0 Å². The first-order chi connectivity index (χ1) is 12.4. The van der Waals surface area contributed by atoms with Crippen LogP contribution in [0.2, 0.25) is 5.02 Å². The van der Waals surface area contributed by atoms with Gasteiger partial charge in [-0.05, 0) is 35.9 Å². The first-order valence-electron chi connectivity index (χ1n) is 7.25. The van der Waals surface area contributed by atoms with E-state index in [2.05, 4.69) is 0 Å². The molecule has 1 aliphatic heterocycles. The van der Waals surface area contributed by atoms with Gasteiger partial charge in [-0.25, -0.2) is 4.79 Å². The quantitative estimate of drug-likeness (QED) is 0.327. The highest BCUT2D eigenvalue weighted by Crippen LogP contribution is 2.39. The van der Waals surface area contributed by atoms with Crippen molar-refractivity contribution >= 4 is 57.9 Å². The van der Waals surface area contributed by atoms with Crippen LogP contribution < -0.4 is 9.47 Å². The molecule has 0 aliphatic carbocycles. The van der Waals surface area contributed by atoms with Crippen molar-refractivity contribution in [3.8, 4) is 11.5 Å². The first kappa shape index (κ1) is 18.5.